The Kier molecular flexibility index (Phi) is 7.51. The lowest BCUT2D eigenvalue weighted by molar-refractivity contribution is -0.116. The second kappa shape index (κ2) is 10.7. The fourth-order valence-electron chi connectivity index (χ4n) is 4.11. The van der Waals surface area contributed by atoms with Gasteiger partial charge in [-0.25, -0.2) is 8.42 Å². The van der Waals surface area contributed by atoms with E-state index in [0.29, 0.717) is 24.3 Å². The number of fused-ring (bicyclic) bond motifs is 1. The predicted octanol–water partition coefficient (Wildman–Crippen LogP) is 4.50. The minimum absolute atomic E-state index is 0.0311. The molecule has 0 spiro atoms. The Morgan fingerprint density at radius 2 is 1.74 bits per heavy atom. The molecule has 35 heavy (non-hydrogen) atoms. The lowest BCUT2D eigenvalue weighted by atomic mass is 10.0. The van der Waals surface area contributed by atoms with Crippen LogP contribution in [0.1, 0.15) is 47.7 Å². The molecule has 4 rings (SSSR count). The molecule has 182 valence electrons. The topological polar surface area (TPSA) is 95.6 Å². The third-order valence-electron chi connectivity index (χ3n) is 5.92. The van der Waals surface area contributed by atoms with Crippen molar-refractivity contribution in [1.82, 2.24) is 5.32 Å². The molecule has 1 aliphatic heterocycles. The average molecular weight is 492 g/mol. The van der Waals surface area contributed by atoms with E-state index in [-0.39, 0.29) is 28.8 Å². The third-order valence-corrected chi connectivity index (χ3v) is 7.73. The predicted molar refractivity (Wildman–Crippen MR) is 137 cm³/mol. The second-order valence-electron chi connectivity index (χ2n) is 8.52. The van der Waals surface area contributed by atoms with E-state index in [1.807, 2.05) is 43.3 Å². The largest absolute Gasteiger partial charge is 0.348 e. The first-order valence-corrected chi connectivity index (χ1v) is 13.2. The fraction of sp³-hybridized carbons (Fsp3) is 0.259. The van der Waals surface area contributed by atoms with E-state index < -0.39 is 10.0 Å². The first-order chi connectivity index (χ1) is 16.9. The molecule has 2 amide bonds. The van der Waals surface area contributed by atoms with Crippen LogP contribution in [0, 0.1) is 0 Å². The number of benzene rings is 3. The molecular formula is C27H29N3O4S. The molecule has 0 unspecified atom stereocenters. The number of nitrogens with zero attached hydrogens (tertiary/aromatic N) is 1. The van der Waals surface area contributed by atoms with Gasteiger partial charge in [0.05, 0.1) is 10.6 Å². The van der Waals surface area contributed by atoms with Gasteiger partial charge in [0.1, 0.15) is 0 Å². The van der Waals surface area contributed by atoms with E-state index in [0.717, 1.165) is 30.4 Å². The van der Waals surface area contributed by atoms with Crippen LogP contribution < -0.4 is 14.9 Å². The Labute approximate surface area is 206 Å². The maximum Gasteiger partial charge on any atom is 0.264 e. The van der Waals surface area contributed by atoms with E-state index >= 15 is 0 Å². The maximum absolute atomic E-state index is 13.4. The molecule has 0 fully saturated rings. The number of carbonyl (C=O) groups excluding carboxylic acids is 2. The molecule has 1 heterocycles. The van der Waals surface area contributed by atoms with E-state index in [1.54, 1.807) is 24.3 Å². The van der Waals surface area contributed by atoms with Crippen LogP contribution >= 0.6 is 0 Å². The van der Waals surface area contributed by atoms with Crippen molar-refractivity contribution in [3.63, 3.8) is 0 Å². The highest BCUT2D eigenvalue weighted by molar-refractivity contribution is 7.92. The summed E-state index contributed by atoms with van der Waals surface area (Å²) in [4.78, 5) is 24.6. The molecule has 0 aromatic heterocycles. The Balaban J connectivity index is 1.44. The van der Waals surface area contributed by atoms with Crippen molar-refractivity contribution in [2.75, 3.05) is 16.2 Å². The minimum Gasteiger partial charge on any atom is -0.348 e. The molecule has 0 atom stereocenters. The number of aryl methyl sites for hydroxylation is 1. The zero-order valence-corrected chi connectivity index (χ0v) is 20.5. The second-order valence-corrected chi connectivity index (χ2v) is 10.4. The highest BCUT2D eigenvalue weighted by Gasteiger charge is 2.29. The first kappa shape index (κ1) is 24.5. The van der Waals surface area contributed by atoms with Gasteiger partial charge in [-0.1, -0.05) is 43.3 Å². The lowest BCUT2D eigenvalue weighted by Gasteiger charge is -2.30. The van der Waals surface area contributed by atoms with Gasteiger partial charge in [-0.15, -0.1) is 0 Å². The fourth-order valence-corrected chi connectivity index (χ4v) is 5.70. The summed E-state index contributed by atoms with van der Waals surface area (Å²) >= 11 is 0. The molecule has 0 saturated carbocycles. The van der Waals surface area contributed by atoms with Crippen molar-refractivity contribution in [1.29, 1.82) is 0 Å². The number of sulfonamides is 1. The number of anilines is 2. The molecule has 2 N–H and O–H groups in total. The molecule has 3 aromatic rings. The van der Waals surface area contributed by atoms with Gasteiger partial charge >= 0.3 is 0 Å². The number of nitrogens with one attached hydrogen (secondary N) is 2. The van der Waals surface area contributed by atoms with Gasteiger partial charge in [0.15, 0.2) is 0 Å². The van der Waals surface area contributed by atoms with Crippen molar-refractivity contribution in [3.05, 3.63) is 89.5 Å². The van der Waals surface area contributed by atoms with E-state index in [9.17, 15) is 18.0 Å². The van der Waals surface area contributed by atoms with Crippen LogP contribution in [0.5, 0.6) is 0 Å². The molecule has 0 saturated heterocycles. The summed E-state index contributed by atoms with van der Waals surface area (Å²) in [7, 11) is -3.80. The van der Waals surface area contributed by atoms with Crippen LogP contribution in [0.15, 0.2) is 77.7 Å². The molecular weight excluding hydrogens is 462 g/mol. The zero-order valence-electron chi connectivity index (χ0n) is 19.7. The van der Waals surface area contributed by atoms with Crippen molar-refractivity contribution in [2.24, 2.45) is 0 Å². The lowest BCUT2D eigenvalue weighted by Crippen LogP contribution is -2.35. The Bertz CT molecular complexity index is 1320. The molecule has 0 aliphatic carbocycles. The van der Waals surface area contributed by atoms with Crippen LogP contribution in [-0.2, 0) is 27.8 Å². The number of hydrogen-bond acceptors (Lipinski definition) is 4. The van der Waals surface area contributed by atoms with Gasteiger partial charge in [-0.2, -0.15) is 0 Å². The van der Waals surface area contributed by atoms with Crippen molar-refractivity contribution >= 4 is 33.2 Å². The van der Waals surface area contributed by atoms with Gasteiger partial charge in [0.2, 0.25) is 5.91 Å². The molecule has 7 nitrogen and oxygen atoms in total. The number of rotatable bonds is 8. The highest BCUT2D eigenvalue weighted by Crippen LogP contribution is 2.32. The first-order valence-electron chi connectivity index (χ1n) is 11.8. The molecule has 1 aliphatic rings. The van der Waals surface area contributed by atoms with Crippen molar-refractivity contribution in [3.8, 4) is 0 Å². The van der Waals surface area contributed by atoms with Crippen molar-refractivity contribution < 1.29 is 18.0 Å². The highest BCUT2D eigenvalue weighted by atomic mass is 32.2. The van der Waals surface area contributed by atoms with Crippen LogP contribution in [-0.4, -0.2) is 26.8 Å². The summed E-state index contributed by atoms with van der Waals surface area (Å²) in [6.07, 6.45) is 2.84. The van der Waals surface area contributed by atoms with Gasteiger partial charge in [0, 0.05) is 30.8 Å². The van der Waals surface area contributed by atoms with E-state index in [1.165, 1.54) is 16.4 Å². The molecule has 8 heteroatoms. The van der Waals surface area contributed by atoms with Crippen molar-refractivity contribution in [2.45, 2.75) is 44.0 Å². The van der Waals surface area contributed by atoms with E-state index in [4.69, 9.17) is 0 Å². The molecule has 0 radical (unpaired) electrons. The molecule has 3 aromatic carbocycles. The Morgan fingerprint density at radius 1 is 0.971 bits per heavy atom. The monoisotopic (exact) mass is 491 g/mol. The van der Waals surface area contributed by atoms with Crippen LogP contribution in [0.3, 0.4) is 0 Å². The number of para-hydroxylation sites is 1. The number of carbonyl (C=O) groups is 2. The number of amides is 2. The smallest absolute Gasteiger partial charge is 0.264 e. The summed E-state index contributed by atoms with van der Waals surface area (Å²) in [6.45, 7) is 2.63. The van der Waals surface area contributed by atoms with Crippen LogP contribution in [0.4, 0.5) is 11.4 Å². The summed E-state index contributed by atoms with van der Waals surface area (Å²) in [5.74, 6) is -0.391. The summed E-state index contributed by atoms with van der Waals surface area (Å²) in [5.41, 5.74) is 3.55. The van der Waals surface area contributed by atoms with Crippen LogP contribution in [0.25, 0.3) is 0 Å². The molecule has 0 bridgehead atoms. The Hall–Kier alpha value is -3.65. The number of hydrogen-bond donors (Lipinski definition) is 2. The van der Waals surface area contributed by atoms with Gasteiger partial charge < -0.3 is 10.6 Å². The maximum atomic E-state index is 13.4. The Morgan fingerprint density at radius 3 is 2.51 bits per heavy atom. The van der Waals surface area contributed by atoms with E-state index in [2.05, 4.69) is 10.6 Å². The van der Waals surface area contributed by atoms with Gasteiger partial charge in [-0.3, -0.25) is 13.9 Å². The minimum atomic E-state index is -3.80. The zero-order chi connectivity index (χ0) is 24.8. The quantitative estimate of drug-likeness (QED) is 0.485. The summed E-state index contributed by atoms with van der Waals surface area (Å²) in [5, 5.41) is 5.66. The van der Waals surface area contributed by atoms with Gasteiger partial charge in [0.25, 0.3) is 15.9 Å². The normalized spacial score (nSPS) is 13.1. The summed E-state index contributed by atoms with van der Waals surface area (Å²) in [6, 6.07) is 20.9. The van der Waals surface area contributed by atoms with Gasteiger partial charge in [-0.05, 0) is 66.8 Å². The standard InChI is InChI=1S/C27H29N3O4S/c1-2-7-26(31)29-23-15-13-20(14-16-23)19-28-27(32)22-9-5-11-24(18-22)35(33,34)30-17-6-10-21-8-3-4-12-25(21)30/h3-5,8-9,11-16,18H,2,6-7,10,17,19H2,1H3,(H,28,32)(H,29,31). The SMILES string of the molecule is CCCC(=O)Nc1ccc(CNC(=O)c2cccc(S(=O)(=O)N3CCCc4ccccc43)c2)cc1. The van der Waals surface area contributed by atoms with Crippen LogP contribution in [0.2, 0.25) is 0 Å². The third kappa shape index (κ3) is 5.71. The summed E-state index contributed by atoms with van der Waals surface area (Å²) < 4.78 is 28.3. The average Bonchev–Trinajstić information content (AvgIpc) is 2.88.